The van der Waals surface area contributed by atoms with E-state index in [-0.39, 0.29) is 0 Å². The van der Waals surface area contributed by atoms with Crippen molar-refractivity contribution in [1.82, 2.24) is 70.3 Å². The number of hydrogen-bond acceptors (Lipinski definition) is 5. The zero-order valence-corrected chi connectivity index (χ0v) is 52.5. The molecule has 0 aliphatic heterocycles. The Morgan fingerprint density at radius 2 is 0.462 bits per heavy atom. The Kier molecular flexibility index (Phi) is 11.9. The van der Waals surface area contributed by atoms with Gasteiger partial charge in [0.25, 0.3) is 0 Å². The van der Waals surface area contributed by atoms with E-state index in [4.69, 9.17) is 23.2 Å². The van der Waals surface area contributed by atoms with E-state index >= 15 is 0 Å². The van der Waals surface area contributed by atoms with Crippen LogP contribution in [0.15, 0.2) is 176 Å². The summed E-state index contributed by atoms with van der Waals surface area (Å²) >= 11 is 12.0. The van der Waals surface area contributed by atoms with Gasteiger partial charge in [-0.2, -0.15) is 0 Å². The molecule has 10 heterocycles. The highest BCUT2D eigenvalue weighted by Crippen LogP contribution is 2.39. The van der Waals surface area contributed by atoms with E-state index in [1.807, 2.05) is 266 Å². The Morgan fingerprint density at radius 1 is 0.231 bits per heavy atom. The van der Waals surface area contributed by atoms with E-state index in [1.54, 1.807) is 6.07 Å². The van der Waals surface area contributed by atoms with Crippen LogP contribution in [0.25, 0.3) is 83.6 Å². The van der Waals surface area contributed by atoms with Crippen LogP contribution in [0.5, 0.6) is 28.7 Å². The summed E-state index contributed by atoms with van der Waals surface area (Å²) in [5.41, 5.74) is 24.7. The van der Waals surface area contributed by atoms with E-state index in [0.717, 1.165) is 111 Å². The zero-order chi connectivity index (χ0) is 63.1. The standard InChI is InChI=1S/2C14H12ClN3O.2C14H13N3O.C13H11N3O/c2*1-8-5-9(2)14(19)13(6-8)18-16-11-4-3-10(15)7-12(11)17(16)18;2*1-9-7-10(2)14(18)13(8-9)17-15-11-5-3-4-6-12(11)16(15)17;1-9-6-7-13(17)12(8-9)16-14-10-4-2-3-5-11(10)15(14)16/h2*3-7,19H,1-2H3;2*3-8,18H,1-2H3;2-8,17H,1H3. The van der Waals surface area contributed by atoms with Crippen molar-refractivity contribution in [2.45, 2.75) is 62.3 Å². The summed E-state index contributed by atoms with van der Waals surface area (Å²) in [6.45, 7) is 17.8. The summed E-state index contributed by atoms with van der Waals surface area (Å²) in [5, 5.41) is 52.1. The van der Waals surface area contributed by atoms with Gasteiger partial charge in [-0.25, -0.2) is 0 Å². The van der Waals surface area contributed by atoms with E-state index in [9.17, 15) is 25.5 Å². The molecule has 20 nitrogen and oxygen atoms in total. The minimum absolute atomic E-state index is 0.302. The number of fused-ring (bicyclic) bond motifs is 20. The van der Waals surface area contributed by atoms with Crippen molar-refractivity contribution in [3.05, 3.63) is 236 Å². The number of nitrogens with zero attached hydrogens (tertiary/aromatic N) is 15. The van der Waals surface area contributed by atoms with Crippen LogP contribution in [0.1, 0.15) is 50.1 Å². The molecule has 20 aromatic rings. The van der Waals surface area contributed by atoms with Gasteiger partial charge in [0.2, 0.25) is 0 Å². The summed E-state index contributed by atoms with van der Waals surface area (Å²) < 4.78 is 20.2. The van der Waals surface area contributed by atoms with Gasteiger partial charge in [-0.1, -0.05) is 89.9 Å². The topological polar surface area (TPSA) is 170 Å². The average Bonchev–Trinajstić information content (AvgIpc) is 1.55. The summed E-state index contributed by atoms with van der Waals surface area (Å²) in [7, 11) is 0. The average molecular weight is 1250 g/mol. The van der Waals surface area contributed by atoms with Gasteiger partial charge >= 0.3 is 0 Å². The lowest BCUT2D eigenvalue weighted by atomic mass is 10.1. The number of hydrogen-bond donors (Lipinski definition) is 5. The van der Waals surface area contributed by atoms with Crippen LogP contribution >= 0.6 is 23.2 Å². The molecule has 5 N–H and O–H groups in total. The highest BCUT2D eigenvalue weighted by Gasteiger charge is 2.31. The number of halogens is 2. The lowest BCUT2D eigenvalue weighted by Gasteiger charge is -2.04. The van der Waals surface area contributed by atoms with Crippen molar-refractivity contribution >= 4 is 78.4 Å². The van der Waals surface area contributed by atoms with Gasteiger partial charge in [-0.3, -0.25) is 0 Å². The van der Waals surface area contributed by atoms with Crippen LogP contribution in [0.3, 0.4) is 0 Å². The molecule has 91 heavy (non-hydrogen) atoms. The Labute approximate surface area is 527 Å². The molecule has 0 saturated carbocycles. The molecule has 0 radical (unpaired) electrons. The largest absolute Gasteiger partial charge is 0.506 e. The first-order valence-corrected chi connectivity index (χ1v) is 30.4. The maximum absolute atomic E-state index is 10.2. The lowest BCUT2D eigenvalue weighted by Crippen LogP contribution is -1.90. The Hall–Kier alpha value is -11.2. The number of para-hydroxylation sites is 6. The van der Waals surface area contributed by atoms with Crippen molar-refractivity contribution < 1.29 is 25.5 Å². The number of aryl methyl sites for hydroxylation is 9. The van der Waals surface area contributed by atoms with Gasteiger partial charge in [0, 0.05) is 10.0 Å². The summed E-state index contributed by atoms with van der Waals surface area (Å²) in [4.78, 5) is 9.82. The molecule has 10 aromatic carbocycles. The number of phenols is 5. The number of phenolic OH excluding ortho intramolecular Hbond substituents is 5. The first-order valence-electron chi connectivity index (χ1n) is 29.7. The van der Waals surface area contributed by atoms with Crippen LogP contribution in [0.4, 0.5) is 0 Å². The highest BCUT2D eigenvalue weighted by molar-refractivity contribution is 6.31. The first kappa shape index (κ1) is 55.1. The number of benzene rings is 10. The fourth-order valence-electron chi connectivity index (χ4n) is 12.7. The van der Waals surface area contributed by atoms with Gasteiger partial charge in [0.05, 0.1) is 0 Å². The molecule has 0 amide bonds. The van der Waals surface area contributed by atoms with E-state index < -0.39 is 0 Å². The van der Waals surface area contributed by atoms with Gasteiger partial charge in [-0.15, -0.1) is 70.3 Å². The molecule has 0 aliphatic rings. The molecule has 20 rings (SSSR count). The molecular weight excluding hydrogens is 1190 g/mol. The Balaban J connectivity index is 0.0000000908. The second-order valence-corrected chi connectivity index (χ2v) is 24.7. The minimum Gasteiger partial charge on any atom is -0.506 e. The molecule has 10 aromatic heterocycles. The summed E-state index contributed by atoms with van der Waals surface area (Å²) in [6, 6.07) is 57.6. The van der Waals surface area contributed by atoms with Crippen LogP contribution < -0.4 is 0 Å². The normalized spacial score (nSPS) is 12.1. The van der Waals surface area contributed by atoms with Gasteiger partial charge in [0.1, 0.15) is 112 Å². The van der Waals surface area contributed by atoms with Gasteiger partial charge in [0.15, 0.2) is 0 Å². The first-order chi connectivity index (χ1) is 43.8. The third-order valence-corrected chi connectivity index (χ3v) is 17.6. The highest BCUT2D eigenvalue weighted by atomic mass is 35.5. The van der Waals surface area contributed by atoms with Gasteiger partial charge in [-0.05, 0) is 222 Å². The van der Waals surface area contributed by atoms with E-state index in [0.29, 0.717) is 28.7 Å². The smallest absolute Gasteiger partial charge is 0.146 e. The van der Waals surface area contributed by atoms with Crippen molar-refractivity contribution in [3.63, 3.8) is 0 Å². The van der Waals surface area contributed by atoms with E-state index in [1.165, 1.54) is 33.1 Å². The lowest BCUT2D eigenvalue weighted by molar-refractivity contribution is 0.467. The molecule has 0 spiro atoms. The summed E-state index contributed by atoms with van der Waals surface area (Å²) in [5.74, 6) is 1.63. The second-order valence-electron chi connectivity index (χ2n) is 23.9. The Morgan fingerprint density at radius 3 is 0.736 bits per heavy atom. The predicted octanol–water partition coefficient (Wildman–Crippen LogP) is 14.7. The van der Waals surface area contributed by atoms with Gasteiger partial charge < -0.3 is 25.5 Å². The van der Waals surface area contributed by atoms with Crippen LogP contribution in [-0.2, 0) is 0 Å². The molecule has 0 atom stereocenters. The maximum atomic E-state index is 10.2. The molecule has 0 saturated heterocycles. The summed E-state index contributed by atoms with van der Waals surface area (Å²) in [6.07, 6.45) is 0. The number of aromatic nitrogens is 15. The van der Waals surface area contributed by atoms with Crippen LogP contribution in [0.2, 0.25) is 10.0 Å². The quantitative estimate of drug-likeness (QED) is 0.115. The molecule has 0 unspecified atom stereocenters. The molecule has 0 fully saturated rings. The Bertz CT molecular complexity index is 5660. The number of aromatic hydroxyl groups is 5. The minimum atomic E-state index is 0.302. The molecule has 456 valence electrons. The monoisotopic (exact) mass is 1250 g/mol. The van der Waals surface area contributed by atoms with E-state index in [2.05, 4.69) is 36.4 Å². The SMILES string of the molecule is Cc1cc(C)c(O)c(-n2n3c4ccc(Cl)cc4n23)c1.Cc1cc(C)c(O)c(-n2n3c4ccc(Cl)cc4n23)c1.Cc1cc(C)c(O)c(-n2n3c4ccccc4n23)c1.Cc1cc(C)c(O)c(-n2n3c4ccccc4n23)c1.Cc1ccc(O)c(-n2n3c4ccccc4n23)c1. The third kappa shape index (κ3) is 8.43. The third-order valence-electron chi connectivity index (χ3n) is 17.1. The predicted molar refractivity (Wildman–Crippen MR) is 355 cm³/mol. The van der Waals surface area contributed by atoms with Crippen molar-refractivity contribution in [3.8, 4) is 57.2 Å². The second kappa shape index (κ2) is 19.6. The fourth-order valence-corrected chi connectivity index (χ4v) is 13.0. The van der Waals surface area contributed by atoms with Crippen LogP contribution in [0, 0.1) is 62.3 Å². The molecular formula is C69H61Cl2N15O5. The van der Waals surface area contributed by atoms with Crippen LogP contribution in [-0.4, -0.2) is 95.8 Å². The molecule has 0 aliphatic carbocycles. The van der Waals surface area contributed by atoms with Crippen molar-refractivity contribution in [2.75, 3.05) is 0 Å². The number of rotatable bonds is 5. The fraction of sp³-hybridized carbons (Fsp3) is 0.130. The molecule has 22 heteroatoms. The zero-order valence-electron chi connectivity index (χ0n) is 50.9. The maximum Gasteiger partial charge on any atom is 0.146 e. The van der Waals surface area contributed by atoms with Crippen molar-refractivity contribution in [2.24, 2.45) is 0 Å². The van der Waals surface area contributed by atoms with Crippen molar-refractivity contribution in [1.29, 1.82) is 0 Å². The molecule has 0 bridgehead atoms.